The third-order valence-corrected chi connectivity index (χ3v) is 3.95. The first kappa shape index (κ1) is 15.0. The lowest BCUT2D eigenvalue weighted by Crippen LogP contribution is -2.27. The van der Waals surface area contributed by atoms with E-state index >= 15 is 0 Å². The second kappa shape index (κ2) is 7.39. The summed E-state index contributed by atoms with van der Waals surface area (Å²) in [6.07, 6.45) is 2.65. The van der Waals surface area contributed by atoms with Gasteiger partial charge >= 0.3 is 0 Å². The third kappa shape index (κ3) is 4.60. The van der Waals surface area contributed by atoms with E-state index < -0.39 is 0 Å². The number of rotatable bonds is 6. The molecule has 0 spiro atoms. The largest absolute Gasteiger partial charge is 0.356 e. The zero-order valence-corrected chi connectivity index (χ0v) is 12.0. The maximum atomic E-state index is 13.1. The molecule has 1 amide bonds. The van der Waals surface area contributed by atoms with Gasteiger partial charge in [-0.1, -0.05) is 19.1 Å². The molecule has 1 saturated heterocycles. The van der Waals surface area contributed by atoms with E-state index in [9.17, 15) is 9.18 Å². The van der Waals surface area contributed by atoms with Gasteiger partial charge in [0.2, 0.25) is 5.91 Å². The zero-order chi connectivity index (χ0) is 14.4. The molecule has 1 aromatic rings. The molecule has 1 heterocycles. The van der Waals surface area contributed by atoms with Crippen LogP contribution in [0, 0.1) is 11.7 Å². The molecule has 0 aliphatic carbocycles. The molecule has 4 heteroatoms. The average Bonchev–Trinajstić information content (AvgIpc) is 2.92. The summed E-state index contributed by atoms with van der Waals surface area (Å²) in [5, 5.41) is 6.29. The Kier molecular flexibility index (Phi) is 5.53. The van der Waals surface area contributed by atoms with Crippen molar-refractivity contribution in [3.63, 3.8) is 0 Å². The molecule has 1 aliphatic rings. The Labute approximate surface area is 120 Å². The van der Waals surface area contributed by atoms with Gasteiger partial charge in [-0.05, 0) is 55.5 Å². The molecule has 0 bridgehead atoms. The molecule has 1 aliphatic heterocycles. The van der Waals surface area contributed by atoms with Crippen LogP contribution in [0.3, 0.4) is 0 Å². The number of halogens is 1. The molecule has 2 atom stereocenters. The Morgan fingerprint density at radius 2 is 2.40 bits per heavy atom. The van der Waals surface area contributed by atoms with Crippen molar-refractivity contribution in [2.75, 3.05) is 19.6 Å². The molecular weight excluding hydrogens is 255 g/mol. The normalized spacial score (nSPS) is 19.8. The second-order valence-electron chi connectivity index (χ2n) is 5.66. The summed E-state index contributed by atoms with van der Waals surface area (Å²) in [6.45, 7) is 4.85. The highest BCUT2D eigenvalue weighted by Gasteiger charge is 2.15. The smallest absolute Gasteiger partial charge is 0.220 e. The van der Waals surface area contributed by atoms with Gasteiger partial charge in [0, 0.05) is 13.0 Å². The average molecular weight is 278 g/mol. The predicted molar refractivity (Wildman–Crippen MR) is 78.0 cm³/mol. The number of carbonyl (C=O) groups is 1. The van der Waals surface area contributed by atoms with Gasteiger partial charge in [0.05, 0.1) is 0 Å². The van der Waals surface area contributed by atoms with Gasteiger partial charge in [0.1, 0.15) is 5.82 Å². The molecule has 110 valence electrons. The summed E-state index contributed by atoms with van der Waals surface area (Å²) >= 11 is 0. The fourth-order valence-corrected chi connectivity index (χ4v) is 2.66. The van der Waals surface area contributed by atoms with E-state index in [1.165, 1.54) is 18.6 Å². The second-order valence-corrected chi connectivity index (χ2v) is 5.66. The lowest BCUT2D eigenvalue weighted by molar-refractivity contribution is -0.121. The van der Waals surface area contributed by atoms with E-state index in [1.54, 1.807) is 6.07 Å². The third-order valence-electron chi connectivity index (χ3n) is 3.95. The first-order chi connectivity index (χ1) is 9.65. The van der Waals surface area contributed by atoms with Crippen LogP contribution in [0.1, 0.15) is 37.7 Å². The van der Waals surface area contributed by atoms with Crippen LogP contribution in [0.25, 0.3) is 0 Å². The van der Waals surface area contributed by atoms with Gasteiger partial charge in [0.15, 0.2) is 0 Å². The van der Waals surface area contributed by atoms with Crippen LogP contribution in [0.15, 0.2) is 24.3 Å². The molecule has 0 radical (unpaired) electrons. The molecule has 0 saturated carbocycles. The van der Waals surface area contributed by atoms with Gasteiger partial charge in [-0.2, -0.15) is 0 Å². The highest BCUT2D eigenvalue weighted by molar-refractivity contribution is 5.76. The van der Waals surface area contributed by atoms with E-state index in [4.69, 9.17) is 0 Å². The van der Waals surface area contributed by atoms with Crippen molar-refractivity contribution >= 4 is 5.91 Å². The summed E-state index contributed by atoms with van der Waals surface area (Å²) in [7, 11) is 0. The number of hydrogen-bond acceptors (Lipinski definition) is 2. The van der Waals surface area contributed by atoms with Crippen molar-refractivity contribution in [2.45, 2.75) is 32.1 Å². The predicted octanol–water partition coefficient (Wildman–Crippen LogP) is 2.44. The van der Waals surface area contributed by atoms with Crippen LogP contribution < -0.4 is 10.6 Å². The van der Waals surface area contributed by atoms with Crippen LogP contribution in [0.4, 0.5) is 4.39 Å². The summed E-state index contributed by atoms with van der Waals surface area (Å²) < 4.78 is 13.1. The van der Waals surface area contributed by atoms with Gasteiger partial charge in [-0.3, -0.25) is 4.79 Å². The Morgan fingerprint density at radius 3 is 3.10 bits per heavy atom. The quantitative estimate of drug-likeness (QED) is 0.839. The molecule has 2 unspecified atom stereocenters. The molecule has 3 nitrogen and oxygen atoms in total. The van der Waals surface area contributed by atoms with Gasteiger partial charge in [0.25, 0.3) is 0 Å². The lowest BCUT2D eigenvalue weighted by atomic mass is 9.97. The fourth-order valence-electron chi connectivity index (χ4n) is 2.66. The van der Waals surface area contributed by atoms with Crippen LogP contribution in [0.2, 0.25) is 0 Å². The van der Waals surface area contributed by atoms with Gasteiger partial charge in [-0.25, -0.2) is 4.39 Å². The molecule has 20 heavy (non-hydrogen) atoms. The SMILES string of the molecule is CC(CC(=O)NCCC1CCNC1)c1cccc(F)c1. The molecule has 0 aromatic heterocycles. The van der Waals surface area contributed by atoms with E-state index in [2.05, 4.69) is 10.6 Å². The Balaban J connectivity index is 1.70. The van der Waals surface area contributed by atoms with E-state index in [1.807, 2.05) is 13.0 Å². The van der Waals surface area contributed by atoms with Crippen LogP contribution in [-0.4, -0.2) is 25.5 Å². The number of nitrogens with one attached hydrogen (secondary N) is 2. The molecule has 2 rings (SSSR count). The molecule has 1 fully saturated rings. The highest BCUT2D eigenvalue weighted by atomic mass is 19.1. The summed E-state index contributed by atoms with van der Waals surface area (Å²) in [4.78, 5) is 11.9. The topological polar surface area (TPSA) is 41.1 Å². The van der Waals surface area contributed by atoms with Crippen molar-refractivity contribution in [2.24, 2.45) is 5.92 Å². The number of benzene rings is 1. The van der Waals surface area contributed by atoms with Crippen LogP contribution in [-0.2, 0) is 4.79 Å². The van der Waals surface area contributed by atoms with Crippen LogP contribution >= 0.6 is 0 Å². The van der Waals surface area contributed by atoms with E-state index in [0.717, 1.165) is 31.6 Å². The molecule has 2 N–H and O–H groups in total. The van der Waals surface area contributed by atoms with Crippen molar-refractivity contribution in [3.05, 3.63) is 35.6 Å². The van der Waals surface area contributed by atoms with Crippen molar-refractivity contribution in [1.82, 2.24) is 10.6 Å². The molecule has 1 aromatic carbocycles. The first-order valence-corrected chi connectivity index (χ1v) is 7.38. The van der Waals surface area contributed by atoms with Crippen molar-refractivity contribution in [1.29, 1.82) is 0 Å². The van der Waals surface area contributed by atoms with Gasteiger partial charge < -0.3 is 10.6 Å². The number of amides is 1. The fraction of sp³-hybridized carbons (Fsp3) is 0.562. The lowest BCUT2D eigenvalue weighted by Gasteiger charge is -2.13. The van der Waals surface area contributed by atoms with Gasteiger partial charge in [-0.15, -0.1) is 0 Å². The van der Waals surface area contributed by atoms with E-state index in [-0.39, 0.29) is 17.6 Å². The summed E-state index contributed by atoms with van der Waals surface area (Å²) in [5.74, 6) is 0.533. The standard InChI is InChI=1S/C16H23FN2O/c1-12(14-3-2-4-15(17)10-14)9-16(20)19-8-6-13-5-7-18-11-13/h2-4,10,12-13,18H,5-9,11H2,1H3,(H,19,20). The number of hydrogen-bond donors (Lipinski definition) is 2. The number of carbonyl (C=O) groups excluding carboxylic acids is 1. The zero-order valence-electron chi connectivity index (χ0n) is 12.0. The maximum Gasteiger partial charge on any atom is 0.220 e. The summed E-state index contributed by atoms with van der Waals surface area (Å²) in [5.41, 5.74) is 0.875. The van der Waals surface area contributed by atoms with Crippen molar-refractivity contribution in [3.8, 4) is 0 Å². The highest BCUT2D eigenvalue weighted by Crippen LogP contribution is 2.19. The summed E-state index contributed by atoms with van der Waals surface area (Å²) in [6, 6.07) is 6.48. The van der Waals surface area contributed by atoms with E-state index in [0.29, 0.717) is 12.3 Å². The minimum atomic E-state index is -0.247. The first-order valence-electron chi connectivity index (χ1n) is 7.38. The van der Waals surface area contributed by atoms with Crippen LogP contribution in [0.5, 0.6) is 0 Å². The minimum absolute atomic E-state index is 0.0406. The Hall–Kier alpha value is -1.42. The monoisotopic (exact) mass is 278 g/mol. The van der Waals surface area contributed by atoms with Crippen molar-refractivity contribution < 1.29 is 9.18 Å². The maximum absolute atomic E-state index is 13.1. The molecular formula is C16H23FN2O. The Morgan fingerprint density at radius 1 is 1.55 bits per heavy atom. The Bertz CT molecular complexity index is 444. The minimum Gasteiger partial charge on any atom is -0.356 e.